The number of fused-ring (bicyclic) bond motifs is 1. The van der Waals surface area contributed by atoms with Crippen LogP contribution in [0.25, 0.3) is 11.0 Å². The van der Waals surface area contributed by atoms with Crippen molar-refractivity contribution in [1.82, 2.24) is 14.0 Å². The number of nitrogens with zero attached hydrogens (tertiary/aromatic N) is 3. The SMILES string of the molecule is Cn1c(=O)n(CC(=O)N2CCC(C(=O)c3ccc(Cl)c(Cl)c3)CC2)c2ccccc21. The molecule has 0 spiro atoms. The van der Waals surface area contributed by atoms with E-state index < -0.39 is 0 Å². The number of imidazole rings is 1. The minimum atomic E-state index is -0.214. The summed E-state index contributed by atoms with van der Waals surface area (Å²) in [7, 11) is 1.70. The third kappa shape index (κ3) is 3.77. The molecule has 1 saturated heterocycles. The summed E-state index contributed by atoms with van der Waals surface area (Å²) in [6.07, 6.45) is 1.16. The van der Waals surface area contributed by atoms with Gasteiger partial charge in [-0.3, -0.25) is 18.7 Å². The molecule has 1 amide bonds. The number of likely N-dealkylation sites (tertiary alicyclic amines) is 1. The summed E-state index contributed by atoms with van der Waals surface area (Å²) in [4.78, 5) is 39.9. The number of aromatic nitrogens is 2. The van der Waals surface area contributed by atoms with Crippen LogP contribution in [0.5, 0.6) is 0 Å². The Bertz CT molecular complexity index is 1190. The first-order valence-corrected chi connectivity index (χ1v) is 10.5. The minimum Gasteiger partial charge on any atom is -0.341 e. The van der Waals surface area contributed by atoms with Crippen LogP contribution in [-0.2, 0) is 18.4 Å². The van der Waals surface area contributed by atoms with Crippen molar-refractivity contribution in [2.45, 2.75) is 19.4 Å². The Hall–Kier alpha value is -2.57. The monoisotopic (exact) mass is 445 g/mol. The highest BCUT2D eigenvalue weighted by Crippen LogP contribution is 2.27. The van der Waals surface area contributed by atoms with Crippen molar-refractivity contribution in [2.75, 3.05) is 13.1 Å². The van der Waals surface area contributed by atoms with Gasteiger partial charge in [0.2, 0.25) is 5.91 Å². The molecule has 3 aromatic rings. The van der Waals surface area contributed by atoms with E-state index >= 15 is 0 Å². The molecule has 0 aliphatic carbocycles. The van der Waals surface area contributed by atoms with Gasteiger partial charge in [0.25, 0.3) is 0 Å². The fourth-order valence-electron chi connectivity index (χ4n) is 4.03. The van der Waals surface area contributed by atoms with Crippen molar-refractivity contribution in [1.29, 1.82) is 0 Å². The van der Waals surface area contributed by atoms with Crippen molar-refractivity contribution in [3.8, 4) is 0 Å². The van der Waals surface area contributed by atoms with E-state index in [9.17, 15) is 14.4 Å². The van der Waals surface area contributed by atoms with Gasteiger partial charge in [-0.25, -0.2) is 4.79 Å². The summed E-state index contributed by atoms with van der Waals surface area (Å²) in [5.41, 5.74) is 1.86. The number of hydrogen-bond acceptors (Lipinski definition) is 3. The summed E-state index contributed by atoms with van der Waals surface area (Å²) >= 11 is 12.0. The van der Waals surface area contributed by atoms with E-state index in [1.807, 2.05) is 24.3 Å². The van der Waals surface area contributed by atoms with Crippen molar-refractivity contribution >= 4 is 45.9 Å². The second-order valence-electron chi connectivity index (χ2n) is 7.56. The highest BCUT2D eigenvalue weighted by molar-refractivity contribution is 6.42. The number of ketones is 1. The van der Waals surface area contributed by atoms with Crippen LogP contribution < -0.4 is 5.69 Å². The lowest BCUT2D eigenvalue weighted by Crippen LogP contribution is -2.42. The molecular formula is C22H21Cl2N3O3. The van der Waals surface area contributed by atoms with Gasteiger partial charge in [0.05, 0.1) is 21.1 Å². The molecule has 8 heteroatoms. The molecule has 4 rings (SSSR count). The number of para-hydroxylation sites is 2. The van der Waals surface area contributed by atoms with E-state index in [0.29, 0.717) is 41.5 Å². The van der Waals surface area contributed by atoms with Gasteiger partial charge >= 0.3 is 5.69 Å². The molecule has 0 saturated carbocycles. The first-order valence-electron chi connectivity index (χ1n) is 9.78. The number of carbonyl (C=O) groups is 2. The van der Waals surface area contributed by atoms with Crippen LogP contribution in [0.4, 0.5) is 0 Å². The molecule has 1 aliphatic rings. The standard InChI is InChI=1S/C22H21Cl2N3O3/c1-25-18-4-2-3-5-19(18)27(22(25)30)13-20(28)26-10-8-14(9-11-26)21(29)15-6-7-16(23)17(24)12-15/h2-7,12,14H,8-11,13H2,1H3. The van der Waals surface area contributed by atoms with Crippen molar-refractivity contribution in [2.24, 2.45) is 13.0 Å². The number of rotatable bonds is 4. The van der Waals surface area contributed by atoms with Crippen LogP contribution in [0.15, 0.2) is 47.3 Å². The highest BCUT2D eigenvalue weighted by atomic mass is 35.5. The zero-order valence-electron chi connectivity index (χ0n) is 16.5. The third-order valence-corrected chi connectivity index (χ3v) is 6.51. The number of hydrogen-bond donors (Lipinski definition) is 0. The Morgan fingerprint density at radius 1 is 1.00 bits per heavy atom. The molecule has 1 aliphatic heterocycles. The molecule has 6 nitrogen and oxygen atoms in total. The Labute approximate surface area is 183 Å². The number of carbonyl (C=O) groups excluding carboxylic acids is 2. The van der Waals surface area contributed by atoms with Gasteiger partial charge in [0.15, 0.2) is 5.78 Å². The van der Waals surface area contributed by atoms with Gasteiger partial charge < -0.3 is 4.90 Å². The molecule has 0 bridgehead atoms. The fourth-order valence-corrected chi connectivity index (χ4v) is 4.33. The number of benzene rings is 2. The summed E-state index contributed by atoms with van der Waals surface area (Å²) in [6, 6.07) is 12.3. The lowest BCUT2D eigenvalue weighted by Gasteiger charge is -2.31. The molecule has 1 fully saturated rings. The number of amides is 1. The zero-order chi connectivity index (χ0) is 21.4. The van der Waals surface area contributed by atoms with Crippen LogP contribution in [0, 0.1) is 5.92 Å². The number of piperidine rings is 1. The van der Waals surface area contributed by atoms with E-state index in [4.69, 9.17) is 23.2 Å². The largest absolute Gasteiger partial charge is 0.341 e. The average Bonchev–Trinajstić information content (AvgIpc) is 3.00. The van der Waals surface area contributed by atoms with Crippen molar-refractivity contribution in [3.63, 3.8) is 0 Å². The van der Waals surface area contributed by atoms with Gasteiger partial charge in [-0.05, 0) is 43.2 Å². The molecule has 156 valence electrons. The quantitative estimate of drug-likeness (QED) is 0.574. The second-order valence-corrected chi connectivity index (χ2v) is 8.38. The van der Waals surface area contributed by atoms with E-state index in [-0.39, 0.29) is 29.8 Å². The summed E-state index contributed by atoms with van der Waals surface area (Å²) in [5.74, 6) is -0.258. The van der Waals surface area contributed by atoms with Gasteiger partial charge in [-0.15, -0.1) is 0 Å². The summed E-state index contributed by atoms with van der Waals surface area (Å²) in [6.45, 7) is 0.956. The predicted octanol–water partition coefficient (Wildman–Crippen LogP) is 3.77. The zero-order valence-corrected chi connectivity index (χ0v) is 18.0. The Kier molecular flexibility index (Phi) is 5.71. The first kappa shape index (κ1) is 20.7. The summed E-state index contributed by atoms with van der Waals surface area (Å²) in [5, 5.41) is 0.771. The first-order chi connectivity index (χ1) is 14.4. The van der Waals surface area contributed by atoms with Crippen LogP contribution in [0.1, 0.15) is 23.2 Å². The van der Waals surface area contributed by atoms with Gasteiger partial charge in [0.1, 0.15) is 6.54 Å². The van der Waals surface area contributed by atoms with E-state index in [0.717, 1.165) is 11.0 Å². The molecule has 1 aromatic heterocycles. The summed E-state index contributed by atoms with van der Waals surface area (Å²) < 4.78 is 3.05. The maximum absolute atomic E-state index is 12.8. The van der Waals surface area contributed by atoms with Gasteiger partial charge in [-0.2, -0.15) is 0 Å². The maximum Gasteiger partial charge on any atom is 0.329 e. The smallest absolute Gasteiger partial charge is 0.329 e. The van der Waals surface area contributed by atoms with E-state index in [2.05, 4.69) is 0 Å². The maximum atomic E-state index is 12.8. The molecular weight excluding hydrogens is 425 g/mol. The number of Topliss-reactive ketones (excluding diaryl/α,β-unsaturated/α-hetero) is 1. The fraction of sp³-hybridized carbons (Fsp3) is 0.318. The molecule has 0 N–H and O–H groups in total. The minimum absolute atomic E-state index is 0.00834. The van der Waals surface area contributed by atoms with Gasteiger partial charge in [-0.1, -0.05) is 35.3 Å². The normalized spacial score (nSPS) is 15.0. The lowest BCUT2D eigenvalue weighted by atomic mass is 9.89. The average molecular weight is 446 g/mol. The molecule has 0 radical (unpaired) electrons. The predicted molar refractivity (Wildman–Crippen MR) is 117 cm³/mol. The molecule has 30 heavy (non-hydrogen) atoms. The van der Waals surface area contributed by atoms with Gasteiger partial charge in [0, 0.05) is 31.6 Å². The molecule has 2 heterocycles. The topological polar surface area (TPSA) is 64.3 Å². The Balaban J connectivity index is 1.43. The van der Waals surface area contributed by atoms with Crippen molar-refractivity contribution in [3.05, 3.63) is 68.6 Å². The highest BCUT2D eigenvalue weighted by Gasteiger charge is 2.28. The molecule has 0 unspecified atom stereocenters. The number of halogens is 2. The Morgan fingerprint density at radius 3 is 2.33 bits per heavy atom. The Morgan fingerprint density at radius 2 is 1.67 bits per heavy atom. The van der Waals surface area contributed by atoms with E-state index in [1.54, 1.807) is 34.7 Å². The van der Waals surface area contributed by atoms with Crippen LogP contribution in [0.3, 0.4) is 0 Å². The molecule has 2 aromatic carbocycles. The van der Waals surface area contributed by atoms with E-state index in [1.165, 1.54) is 4.57 Å². The van der Waals surface area contributed by atoms with Crippen LogP contribution in [0.2, 0.25) is 10.0 Å². The third-order valence-electron chi connectivity index (χ3n) is 5.77. The number of aryl methyl sites for hydroxylation is 1. The van der Waals surface area contributed by atoms with Crippen molar-refractivity contribution < 1.29 is 9.59 Å². The van der Waals surface area contributed by atoms with Crippen LogP contribution >= 0.6 is 23.2 Å². The van der Waals surface area contributed by atoms with Crippen LogP contribution in [-0.4, -0.2) is 38.8 Å². The molecule has 0 atom stereocenters. The lowest BCUT2D eigenvalue weighted by molar-refractivity contribution is -0.133. The second kappa shape index (κ2) is 8.28.